The molecule has 0 N–H and O–H groups in total. The molecule has 1 heterocycles. The Morgan fingerprint density at radius 1 is 1.19 bits per heavy atom. The van der Waals surface area contributed by atoms with Crippen LogP contribution in [0.15, 0.2) is 24.3 Å². The van der Waals surface area contributed by atoms with Gasteiger partial charge in [-0.15, -0.1) is 10.2 Å². The summed E-state index contributed by atoms with van der Waals surface area (Å²) in [6, 6.07) is 7.86. The van der Waals surface area contributed by atoms with E-state index >= 15 is 0 Å². The van der Waals surface area contributed by atoms with Crippen LogP contribution in [-0.4, -0.2) is 29.3 Å². The van der Waals surface area contributed by atoms with E-state index in [9.17, 15) is 4.79 Å². The van der Waals surface area contributed by atoms with Gasteiger partial charge in [-0.1, -0.05) is 43.9 Å². The first-order valence-electron chi connectivity index (χ1n) is 10.1. The highest BCUT2D eigenvalue weighted by Gasteiger charge is 2.22. The average molecular weight is 388 g/mol. The highest BCUT2D eigenvalue weighted by atomic mass is 32.1. The van der Waals surface area contributed by atoms with Crippen molar-refractivity contribution in [1.29, 1.82) is 0 Å². The molecule has 1 aromatic heterocycles. The Morgan fingerprint density at radius 3 is 2.59 bits per heavy atom. The van der Waals surface area contributed by atoms with Gasteiger partial charge in [0.2, 0.25) is 11.0 Å². The number of hydrogen-bond acceptors (Lipinski definition) is 5. The number of hydrogen-bond donors (Lipinski definition) is 0. The van der Waals surface area contributed by atoms with E-state index in [1.54, 1.807) is 0 Å². The lowest BCUT2D eigenvalue weighted by Crippen LogP contribution is -2.31. The Bertz CT molecular complexity index is 723. The molecule has 0 atom stereocenters. The van der Waals surface area contributed by atoms with Crippen molar-refractivity contribution in [2.75, 3.05) is 18.1 Å². The molecule has 1 amide bonds. The number of rotatable bonds is 9. The van der Waals surface area contributed by atoms with E-state index in [4.69, 9.17) is 4.74 Å². The van der Waals surface area contributed by atoms with Gasteiger partial charge in [-0.2, -0.15) is 0 Å². The van der Waals surface area contributed by atoms with Crippen molar-refractivity contribution in [3.63, 3.8) is 0 Å². The van der Waals surface area contributed by atoms with Crippen LogP contribution in [0.25, 0.3) is 10.6 Å². The Balaban J connectivity index is 1.67. The van der Waals surface area contributed by atoms with Gasteiger partial charge in [0.1, 0.15) is 10.8 Å². The standard InChI is InChI=1S/C21H29N3O2S/c1-3-15-24(19(25)14-9-16-7-5-6-8-16)21-23-22-20(27-21)17-10-12-18(13-11-17)26-4-2/h10-13,16H,3-9,14-15H2,1-2H3. The molecule has 0 aliphatic heterocycles. The van der Waals surface area contributed by atoms with Crippen molar-refractivity contribution in [2.24, 2.45) is 5.92 Å². The van der Waals surface area contributed by atoms with Crippen molar-refractivity contribution < 1.29 is 9.53 Å². The number of carbonyl (C=O) groups is 1. The summed E-state index contributed by atoms with van der Waals surface area (Å²) in [6.07, 6.45) is 7.72. The van der Waals surface area contributed by atoms with E-state index in [0.717, 1.165) is 35.1 Å². The summed E-state index contributed by atoms with van der Waals surface area (Å²) in [7, 11) is 0. The molecule has 0 bridgehead atoms. The third kappa shape index (κ3) is 5.28. The van der Waals surface area contributed by atoms with Gasteiger partial charge in [-0.25, -0.2) is 0 Å². The van der Waals surface area contributed by atoms with Crippen molar-refractivity contribution >= 4 is 22.4 Å². The molecule has 0 saturated heterocycles. The summed E-state index contributed by atoms with van der Waals surface area (Å²) in [6.45, 7) is 5.40. The molecule has 3 rings (SSSR count). The van der Waals surface area contributed by atoms with Gasteiger partial charge in [0.25, 0.3) is 0 Å². The summed E-state index contributed by atoms with van der Waals surface area (Å²) >= 11 is 1.48. The molecule has 1 aliphatic rings. The van der Waals surface area contributed by atoms with Gasteiger partial charge in [0.05, 0.1) is 6.61 Å². The van der Waals surface area contributed by atoms with Crippen LogP contribution in [-0.2, 0) is 4.79 Å². The molecule has 1 fully saturated rings. The average Bonchev–Trinajstić information content (AvgIpc) is 3.37. The molecule has 6 heteroatoms. The van der Waals surface area contributed by atoms with Gasteiger partial charge < -0.3 is 4.74 Å². The van der Waals surface area contributed by atoms with Crippen LogP contribution in [0.4, 0.5) is 5.13 Å². The minimum absolute atomic E-state index is 0.179. The molecule has 0 spiro atoms. The zero-order chi connectivity index (χ0) is 19.1. The minimum atomic E-state index is 0.179. The highest BCUT2D eigenvalue weighted by Crippen LogP contribution is 2.32. The topological polar surface area (TPSA) is 55.3 Å². The quantitative estimate of drug-likeness (QED) is 0.584. The molecule has 0 unspecified atom stereocenters. The molecule has 1 aromatic carbocycles. The maximum atomic E-state index is 12.8. The third-order valence-electron chi connectivity index (χ3n) is 5.05. The van der Waals surface area contributed by atoms with Gasteiger partial charge in [0, 0.05) is 18.5 Å². The van der Waals surface area contributed by atoms with Crippen LogP contribution in [0.5, 0.6) is 5.75 Å². The number of benzene rings is 1. The van der Waals surface area contributed by atoms with Crippen molar-refractivity contribution in [3.05, 3.63) is 24.3 Å². The largest absolute Gasteiger partial charge is 0.494 e. The number of anilines is 1. The highest BCUT2D eigenvalue weighted by molar-refractivity contribution is 7.18. The fraction of sp³-hybridized carbons (Fsp3) is 0.571. The Labute approximate surface area is 165 Å². The third-order valence-corrected chi connectivity index (χ3v) is 6.04. The first kappa shape index (κ1) is 19.8. The number of nitrogens with zero attached hydrogens (tertiary/aromatic N) is 3. The summed E-state index contributed by atoms with van der Waals surface area (Å²) in [5, 5.41) is 10.2. The van der Waals surface area contributed by atoms with E-state index < -0.39 is 0 Å². The number of carbonyl (C=O) groups excluding carboxylic acids is 1. The first-order chi connectivity index (χ1) is 13.2. The molecule has 27 heavy (non-hydrogen) atoms. The fourth-order valence-corrected chi connectivity index (χ4v) is 4.51. The van der Waals surface area contributed by atoms with Gasteiger partial charge >= 0.3 is 0 Å². The molecule has 1 saturated carbocycles. The molecule has 2 aromatic rings. The summed E-state index contributed by atoms with van der Waals surface area (Å²) in [5.41, 5.74) is 0.997. The lowest BCUT2D eigenvalue weighted by molar-refractivity contribution is -0.118. The normalized spacial score (nSPS) is 14.4. The lowest BCUT2D eigenvalue weighted by Gasteiger charge is -2.19. The lowest BCUT2D eigenvalue weighted by atomic mass is 10.0. The Morgan fingerprint density at radius 2 is 1.93 bits per heavy atom. The second-order valence-electron chi connectivity index (χ2n) is 7.08. The van der Waals surface area contributed by atoms with Gasteiger partial charge in [-0.3, -0.25) is 9.69 Å². The minimum Gasteiger partial charge on any atom is -0.494 e. The number of ether oxygens (including phenoxy) is 1. The van der Waals surface area contributed by atoms with Gasteiger partial charge in [0.15, 0.2) is 0 Å². The zero-order valence-corrected chi connectivity index (χ0v) is 17.1. The predicted molar refractivity (Wildman–Crippen MR) is 110 cm³/mol. The van der Waals surface area contributed by atoms with E-state index in [1.807, 2.05) is 36.1 Å². The van der Waals surface area contributed by atoms with Crippen molar-refractivity contribution in [1.82, 2.24) is 10.2 Å². The molecule has 5 nitrogen and oxygen atoms in total. The smallest absolute Gasteiger partial charge is 0.228 e. The van der Waals surface area contributed by atoms with Crippen LogP contribution >= 0.6 is 11.3 Å². The second-order valence-corrected chi connectivity index (χ2v) is 8.04. The summed E-state index contributed by atoms with van der Waals surface area (Å²) < 4.78 is 5.49. The fourth-order valence-electron chi connectivity index (χ4n) is 3.61. The molecule has 0 radical (unpaired) electrons. The van der Waals surface area contributed by atoms with E-state index in [0.29, 0.717) is 24.7 Å². The van der Waals surface area contributed by atoms with Gasteiger partial charge in [-0.05, 0) is 49.9 Å². The Kier molecular flexibility index (Phi) is 7.21. The van der Waals surface area contributed by atoms with Crippen molar-refractivity contribution in [2.45, 2.75) is 58.8 Å². The van der Waals surface area contributed by atoms with Crippen LogP contribution in [0, 0.1) is 5.92 Å². The predicted octanol–water partition coefficient (Wildman–Crippen LogP) is 5.32. The first-order valence-corrected chi connectivity index (χ1v) is 10.9. The molecular formula is C21H29N3O2S. The maximum Gasteiger partial charge on any atom is 0.228 e. The SMILES string of the molecule is CCCN(C(=O)CCC1CCCC1)c1nnc(-c2ccc(OCC)cc2)s1. The van der Waals surface area contributed by atoms with Crippen LogP contribution in [0.2, 0.25) is 0 Å². The van der Waals surface area contributed by atoms with E-state index in [1.165, 1.54) is 37.0 Å². The number of amides is 1. The summed E-state index contributed by atoms with van der Waals surface area (Å²) in [4.78, 5) is 14.6. The zero-order valence-electron chi connectivity index (χ0n) is 16.3. The second kappa shape index (κ2) is 9.83. The van der Waals surface area contributed by atoms with E-state index in [2.05, 4.69) is 17.1 Å². The monoisotopic (exact) mass is 387 g/mol. The summed E-state index contributed by atoms with van der Waals surface area (Å²) in [5.74, 6) is 1.75. The van der Waals surface area contributed by atoms with Crippen LogP contribution < -0.4 is 9.64 Å². The van der Waals surface area contributed by atoms with E-state index in [-0.39, 0.29) is 5.91 Å². The van der Waals surface area contributed by atoms with Crippen molar-refractivity contribution in [3.8, 4) is 16.3 Å². The molecular weight excluding hydrogens is 358 g/mol. The van der Waals surface area contributed by atoms with Crippen LogP contribution in [0.3, 0.4) is 0 Å². The molecule has 1 aliphatic carbocycles. The maximum absolute atomic E-state index is 12.8. The number of aromatic nitrogens is 2. The van der Waals surface area contributed by atoms with Crippen LogP contribution in [0.1, 0.15) is 58.8 Å². The molecule has 146 valence electrons. The Hall–Kier alpha value is -1.95.